The molecule has 10 heteroatoms. The number of nitrogens with one attached hydrogen (secondary N) is 1. The van der Waals surface area contributed by atoms with Gasteiger partial charge >= 0.3 is 12.0 Å². The first-order chi connectivity index (χ1) is 17.8. The molecule has 0 aromatic heterocycles. The molecule has 2 aromatic carbocycles. The zero-order valence-electron chi connectivity index (χ0n) is 21.2. The van der Waals surface area contributed by atoms with Gasteiger partial charge in [-0.2, -0.15) is 0 Å². The maximum absolute atomic E-state index is 14.0. The molecule has 0 radical (unpaired) electrons. The van der Waals surface area contributed by atoms with Crippen LogP contribution in [0.25, 0.3) is 0 Å². The fraction of sp³-hybridized carbons (Fsp3) is 0.370. The summed E-state index contributed by atoms with van der Waals surface area (Å²) >= 11 is 0. The van der Waals surface area contributed by atoms with Crippen LogP contribution >= 0.6 is 0 Å². The Morgan fingerprint density at radius 2 is 1.78 bits per heavy atom. The van der Waals surface area contributed by atoms with Crippen LogP contribution in [-0.4, -0.2) is 86.1 Å². The Bertz CT molecular complexity index is 1190. The lowest BCUT2D eigenvalue weighted by atomic mass is 9.94. The van der Waals surface area contributed by atoms with Crippen LogP contribution in [0.15, 0.2) is 59.8 Å². The summed E-state index contributed by atoms with van der Waals surface area (Å²) in [5.74, 6) is -0.404. The third-order valence-corrected chi connectivity index (χ3v) is 6.62. The van der Waals surface area contributed by atoms with Gasteiger partial charge in [-0.15, -0.1) is 0 Å². The highest BCUT2D eigenvalue weighted by Gasteiger charge is 2.38. The van der Waals surface area contributed by atoms with Gasteiger partial charge in [0.2, 0.25) is 0 Å². The van der Waals surface area contributed by atoms with Gasteiger partial charge in [-0.1, -0.05) is 12.1 Å². The molecule has 0 unspecified atom stereocenters. The molecule has 37 heavy (non-hydrogen) atoms. The third-order valence-electron chi connectivity index (χ3n) is 6.62. The normalized spacial score (nSPS) is 18.5. The quantitative estimate of drug-likeness (QED) is 0.576. The van der Waals surface area contributed by atoms with E-state index < -0.39 is 23.9 Å². The van der Waals surface area contributed by atoms with Gasteiger partial charge in [0.25, 0.3) is 5.91 Å². The molecule has 4 rings (SSSR count). The van der Waals surface area contributed by atoms with Crippen LogP contribution < -0.4 is 10.1 Å². The summed E-state index contributed by atoms with van der Waals surface area (Å²) < 4.78 is 24.5. The summed E-state index contributed by atoms with van der Waals surface area (Å²) in [5.41, 5.74) is 1.80. The van der Waals surface area contributed by atoms with Crippen molar-refractivity contribution >= 4 is 17.9 Å². The average Bonchev–Trinajstić information content (AvgIpc) is 2.91. The lowest BCUT2D eigenvalue weighted by molar-refractivity contribution is -0.139. The number of piperazine rings is 1. The Morgan fingerprint density at radius 3 is 2.41 bits per heavy atom. The molecule has 196 valence electrons. The predicted octanol–water partition coefficient (Wildman–Crippen LogP) is 2.81. The second kappa shape index (κ2) is 11.4. The van der Waals surface area contributed by atoms with Gasteiger partial charge in [-0.25, -0.2) is 14.0 Å². The van der Waals surface area contributed by atoms with Crippen molar-refractivity contribution in [1.29, 1.82) is 0 Å². The van der Waals surface area contributed by atoms with Gasteiger partial charge in [-0.05, 0) is 48.9 Å². The van der Waals surface area contributed by atoms with Crippen molar-refractivity contribution in [1.82, 2.24) is 20.0 Å². The molecular formula is C27H31FN4O5. The number of methoxy groups -OCH3 is 1. The van der Waals surface area contributed by atoms with Crippen LogP contribution in [0.5, 0.6) is 5.75 Å². The fourth-order valence-electron chi connectivity index (χ4n) is 4.57. The molecule has 0 aliphatic carbocycles. The minimum Gasteiger partial charge on any atom is -0.497 e. The van der Waals surface area contributed by atoms with Crippen molar-refractivity contribution < 1.29 is 28.2 Å². The largest absolute Gasteiger partial charge is 0.497 e. The number of likely N-dealkylation sites (N-methyl/N-ethyl adjacent to an activating group) is 1. The summed E-state index contributed by atoms with van der Waals surface area (Å²) in [6, 6.07) is 11.6. The number of ether oxygens (including phenoxy) is 2. The number of benzene rings is 2. The number of amides is 3. The van der Waals surface area contributed by atoms with Crippen LogP contribution in [0.4, 0.5) is 9.18 Å². The first-order valence-corrected chi connectivity index (χ1v) is 12.2. The van der Waals surface area contributed by atoms with Gasteiger partial charge in [0, 0.05) is 51.0 Å². The van der Waals surface area contributed by atoms with E-state index >= 15 is 0 Å². The number of carbonyl (C=O) groups excluding carboxylic acids is 3. The average molecular weight is 511 g/mol. The van der Waals surface area contributed by atoms with Crippen molar-refractivity contribution in [3.8, 4) is 5.75 Å². The third kappa shape index (κ3) is 5.75. The minimum atomic E-state index is -0.841. The molecule has 2 heterocycles. The minimum absolute atomic E-state index is 0.0611. The lowest BCUT2D eigenvalue weighted by Crippen LogP contribution is -2.53. The van der Waals surface area contributed by atoms with Gasteiger partial charge in [-0.3, -0.25) is 14.6 Å². The standard InChI is InChI=1S/C27H31FN4O5/c1-4-37-26(34)23-22(30(2)27(35)29-24(23)19-6-5-7-20(28)16-19)17-31-12-14-32(15-13-31)25(33)18-8-10-21(36-3)11-9-18/h5-11,16,24H,4,12-15,17H2,1-3H3,(H,29,35)/t24-/m0/s1. The lowest BCUT2D eigenvalue weighted by Gasteiger charge is -2.39. The molecule has 0 saturated carbocycles. The Labute approximate surface area is 215 Å². The van der Waals surface area contributed by atoms with Gasteiger partial charge in [0.1, 0.15) is 11.6 Å². The molecule has 1 N–H and O–H groups in total. The molecule has 2 aromatic rings. The number of urea groups is 1. The maximum Gasteiger partial charge on any atom is 0.338 e. The Balaban J connectivity index is 1.54. The van der Waals surface area contributed by atoms with Gasteiger partial charge in [0.15, 0.2) is 0 Å². The maximum atomic E-state index is 14.0. The Kier molecular flexibility index (Phi) is 8.08. The monoisotopic (exact) mass is 510 g/mol. The number of hydrogen-bond donors (Lipinski definition) is 1. The number of hydrogen-bond acceptors (Lipinski definition) is 6. The van der Waals surface area contributed by atoms with E-state index in [4.69, 9.17) is 9.47 Å². The van der Waals surface area contributed by atoms with Crippen LogP contribution in [0.2, 0.25) is 0 Å². The number of rotatable bonds is 7. The van der Waals surface area contributed by atoms with E-state index in [1.54, 1.807) is 56.3 Å². The highest BCUT2D eigenvalue weighted by molar-refractivity contribution is 5.95. The molecule has 2 aliphatic rings. The highest BCUT2D eigenvalue weighted by Crippen LogP contribution is 2.32. The molecule has 1 fully saturated rings. The van der Waals surface area contributed by atoms with Crippen molar-refractivity contribution in [2.24, 2.45) is 0 Å². The van der Waals surface area contributed by atoms with Crippen molar-refractivity contribution in [2.45, 2.75) is 13.0 Å². The summed E-state index contributed by atoms with van der Waals surface area (Å²) in [7, 11) is 3.17. The van der Waals surface area contributed by atoms with E-state index in [2.05, 4.69) is 10.2 Å². The first kappa shape index (κ1) is 26.2. The molecule has 3 amide bonds. The Morgan fingerprint density at radius 1 is 1.08 bits per heavy atom. The van der Waals surface area contributed by atoms with E-state index in [0.29, 0.717) is 55.3 Å². The van der Waals surface area contributed by atoms with E-state index in [0.717, 1.165) is 0 Å². The molecule has 9 nitrogen and oxygen atoms in total. The second-order valence-corrected chi connectivity index (χ2v) is 8.87. The smallest absolute Gasteiger partial charge is 0.338 e. The molecule has 1 saturated heterocycles. The second-order valence-electron chi connectivity index (χ2n) is 8.87. The topological polar surface area (TPSA) is 91.4 Å². The van der Waals surface area contributed by atoms with Crippen molar-refractivity contribution in [3.63, 3.8) is 0 Å². The van der Waals surface area contributed by atoms with E-state index in [1.807, 2.05) is 0 Å². The van der Waals surface area contributed by atoms with Crippen LogP contribution in [-0.2, 0) is 9.53 Å². The van der Waals surface area contributed by atoms with Crippen LogP contribution in [0, 0.1) is 5.82 Å². The van der Waals surface area contributed by atoms with E-state index in [9.17, 15) is 18.8 Å². The highest BCUT2D eigenvalue weighted by atomic mass is 19.1. The van der Waals surface area contributed by atoms with E-state index in [-0.39, 0.29) is 18.1 Å². The SMILES string of the molecule is CCOC(=O)C1=C(CN2CCN(C(=O)c3ccc(OC)cc3)CC2)N(C)C(=O)N[C@H]1c1cccc(F)c1. The molecule has 1 atom stereocenters. The fourth-order valence-corrected chi connectivity index (χ4v) is 4.57. The molecular weight excluding hydrogens is 479 g/mol. The summed E-state index contributed by atoms with van der Waals surface area (Å²) in [6.07, 6.45) is 0. The van der Waals surface area contributed by atoms with Gasteiger partial charge < -0.3 is 19.7 Å². The summed E-state index contributed by atoms with van der Waals surface area (Å²) in [5, 5.41) is 2.80. The Hall–Kier alpha value is -3.92. The molecule has 0 spiro atoms. The molecule has 0 bridgehead atoms. The number of halogens is 1. The zero-order chi connectivity index (χ0) is 26.5. The van der Waals surface area contributed by atoms with Crippen LogP contribution in [0.1, 0.15) is 28.9 Å². The first-order valence-electron chi connectivity index (χ1n) is 12.2. The summed E-state index contributed by atoms with van der Waals surface area (Å²) in [6.45, 7) is 4.28. The summed E-state index contributed by atoms with van der Waals surface area (Å²) in [4.78, 5) is 44.1. The van der Waals surface area contributed by atoms with Crippen LogP contribution in [0.3, 0.4) is 0 Å². The predicted molar refractivity (Wildman–Crippen MR) is 134 cm³/mol. The number of esters is 1. The zero-order valence-corrected chi connectivity index (χ0v) is 21.2. The number of nitrogens with zero attached hydrogens (tertiary/aromatic N) is 3. The van der Waals surface area contributed by atoms with E-state index in [1.165, 1.54) is 23.1 Å². The molecule has 2 aliphatic heterocycles. The van der Waals surface area contributed by atoms with Crippen molar-refractivity contribution in [2.75, 3.05) is 53.5 Å². The van der Waals surface area contributed by atoms with Crippen molar-refractivity contribution in [3.05, 3.63) is 76.7 Å². The van der Waals surface area contributed by atoms with Gasteiger partial charge in [0.05, 0.1) is 25.3 Å². The number of carbonyl (C=O) groups is 3.